The zero-order valence-corrected chi connectivity index (χ0v) is 28.3. The van der Waals surface area contributed by atoms with Crippen LogP contribution in [-0.2, 0) is 16.1 Å². The number of pyridine rings is 2. The Morgan fingerprint density at radius 3 is 2.44 bits per heavy atom. The van der Waals surface area contributed by atoms with E-state index in [-0.39, 0.29) is 35.5 Å². The third-order valence-corrected chi connectivity index (χ3v) is 9.62. The van der Waals surface area contributed by atoms with Gasteiger partial charge in [-0.2, -0.15) is 0 Å². The topological polar surface area (TPSA) is 159 Å². The van der Waals surface area contributed by atoms with E-state index < -0.39 is 12.0 Å². The van der Waals surface area contributed by atoms with Crippen molar-refractivity contribution in [1.29, 1.82) is 0 Å². The first-order valence-corrected chi connectivity index (χ1v) is 16.6. The van der Waals surface area contributed by atoms with Crippen LogP contribution in [0.15, 0.2) is 82.8 Å². The van der Waals surface area contributed by atoms with Crippen molar-refractivity contribution in [2.75, 3.05) is 20.2 Å². The summed E-state index contributed by atoms with van der Waals surface area (Å²) in [7, 11) is 1.58. The molecular weight excluding hydrogens is 681 g/mol. The molecule has 0 aliphatic carbocycles. The van der Waals surface area contributed by atoms with E-state index in [1.807, 2.05) is 48.5 Å². The molecule has 1 saturated heterocycles. The number of carbonyl (C=O) groups excluding carboxylic acids is 1. The van der Waals surface area contributed by atoms with Crippen molar-refractivity contribution in [2.45, 2.75) is 31.5 Å². The summed E-state index contributed by atoms with van der Waals surface area (Å²) in [4.78, 5) is 49.5. The lowest BCUT2D eigenvalue weighted by atomic mass is 9.97. The summed E-state index contributed by atoms with van der Waals surface area (Å²) < 4.78 is 7.01. The van der Waals surface area contributed by atoms with Gasteiger partial charge >= 0.3 is 5.97 Å². The maximum Gasteiger partial charge on any atom is 0.328 e. The molecule has 0 saturated carbocycles. The molecule has 2 aliphatic heterocycles. The normalized spacial score (nSPS) is 17.0. The maximum atomic E-state index is 13.3. The summed E-state index contributed by atoms with van der Waals surface area (Å²) in [5.41, 5.74) is 5.28. The zero-order chi connectivity index (χ0) is 34.9. The molecule has 5 aromatic rings. The number of amides is 1. The number of aliphatic carboxylic acids is 1. The molecule has 14 heteroatoms. The fourth-order valence-electron chi connectivity index (χ4n) is 6.19. The zero-order valence-electron chi connectivity index (χ0n) is 26.7. The SMILES string of the molecule is COc1nc(-c2cccc(-c3cccc(-c4ccn5c(=O)c(C6=NCC(C(=O)O)N6)cnc5c4)c3Cl)c2Cl)ccc1CNC[C@@H]1CCC(=O)N1. The summed E-state index contributed by atoms with van der Waals surface area (Å²) in [6, 6.07) is 17.9. The second kappa shape index (κ2) is 13.9. The minimum atomic E-state index is -1.04. The van der Waals surface area contributed by atoms with Crippen molar-refractivity contribution in [3.63, 3.8) is 0 Å². The number of nitrogens with one attached hydrogen (secondary N) is 3. The third-order valence-electron chi connectivity index (χ3n) is 8.80. The van der Waals surface area contributed by atoms with Crippen molar-refractivity contribution < 1.29 is 19.4 Å². The van der Waals surface area contributed by atoms with Gasteiger partial charge in [-0.1, -0.05) is 65.7 Å². The smallest absolute Gasteiger partial charge is 0.328 e. The van der Waals surface area contributed by atoms with E-state index in [1.165, 1.54) is 10.6 Å². The number of carboxylic acids is 1. The van der Waals surface area contributed by atoms with Gasteiger partial charge in [0.05, 0.1) is 29.4 Å². The maximum absolute atomic E-state index is 13.3. The molecular formula is C36H31Cl2N7O5. The first-order valence-electron chi connectivity index (χ1n) is 15.9. The van der Waals surface area contributed by atoms with E-state index in [1.54, 1.807) is 25.4 Å². The molecule has 1 fully saturated rings. The van der Waals surface area contributed by atoms with Gasteiger partial charge in [0.1, 0.15) is 23.1 Å². The molecule has 1 unspecified atom stereocenters. The Morgan fingerprint density at radius 2 is 1.74 bits per heavy atom. The Hall–Kier alpha value is -5.30. The number of ether oxygens (including phenoxy) is 1. The van der Waals surface area contributed by atoms with Crippen LogP contribution in [0.1, 0.15) is 24.0 Å². The number of hydrogen-bond acceptors (Lipinski definition) is 9. The minimum absolute atomic E-state index is 0.0340. The second-order valence-corrected chi connectivity index (χ2v) is 12.7. The Labute approximate surface area is 296 Å². The van der Waals surface area contributed by atoms with Gasteiger partial charge in [0.15, 0.2) is 0 Å². The number of hydrogen-bond donors (Lipinski definition) is 4. The highest BCUT2D eigenvalue weighted by atomic mass is 35.5. The second-order valence-electron chi connectivity index (χ2n) is 12.0. The Morgan fingerprint density at radius 1 is 1.00 bits per heavy atom. The first kappa shape index (κ1) is 33.2. The Balaban J connectivity index is 1.15. The van der Waals surface area contributed by atoms with Crippen molar-refractivity contribution >= 4 is 46.6 Å². The minimum Gasteiger partial charge on any atom is -0.481 e. The summed E-state index contributed by atoms with van der Waals surface area (Å²) in [6.07, 6.45) is 4.37. The van der Waals surface area contributed by atoms with Gasteiger partial charge in [0, 0.05) is 65.8 Å². The lowest BCUT2D eigenvalue weighted by Gasteiger charge is -2.16. The lowest BCUT2D eigenvalue weighted by Crippen LogP contribution is -2.39. The number of fused-ring (bicyclic) bond motifs is 1. The molecule has 5 heterocycles. The highest BCUT2D eigenvalue weighted by molar-refractivity contribution is 6.39. The number of aromatic nitrogens is 3. The van der Waals surface area contributed by atoms with Gasteiger partial charge < -0.3 is 25.8 Å². The van der Waals surface area contributed by atoms with E-state index in [4.69, 9.17) is 32.9 Å². The Kier molecular flexibility index (Phi) is 9.23. The molecule has 12 nitrogen and oxygen atoms in total. The van der Waals surface area contributed by atoms with Crippen LogP contribution in [0.4, 0.5) is 0 Å². The number of methoxy groups -OCH3 is 1. The number of halogens is 2. The summed E-state index contributed by atoms with van der Waals surface area (Å²) in [6.45, 7) is 1.22. The predicted octanol–water partition coefficient (Wildman–Crippen LogP) is 4.58. The standard InChI is InChI=1S/C36H31Cl2N7O5/c1-50-34-20(15-39-16-21-9-11-30(46)42-21)8-10-27(44-34)25-7-3-6-24(32(25)38)23-5-2-4-22(31(23)37)19-12-13-45-29(14-19)40-17-26(35(45)47)33-41-18-28(43-33)36(48)49/h2-8,10,12-14,17,21,28,39H,9,11,15-16,18H2,1H3,(H,41,43)(H,42,46)(H,48,49)/t21-,28?/m0/s1. The third kappa shape index (κ3) is 6.40. The van der Waals surface area contributed by atoms with Crippen LogP contribution in [0.5, 0.6) is 5.88 Å². The van der Waals surface area contributed by atoms with Crippen molar-refractivity contribution in [3.05, 3.63) is 105 Å². The number of benzene rings is 2. The fourth-order valence-corrected chi connectivity index (χ4v) is 6.85. The van der Waals surface area contributed by atoms with Gasteiger partial charge in [-0.25, -0.2) is 14.8 Å². The highest BCUT2D eigenvalue weighted by Crippen LogP contribution is 2.42. The van der Waals surface area contributed by atoms with Crippen LogP contribution in [0.25, 0.3) is 39.2 Å². The first-order chi connectivity index (χ1) is 24.2. The monoisotopic (exact) mass is 711 g/mol. The van der Waals surface area contributed by atoms with E-state index in [2.05, 4.69) is 25.9 Å². The molecule has 2 aromatic carbocycles. The van der Waals surface area contributed by atoms with Crippen molar-refractivity contribution in [1.82, 2.24) is 30.3 Å². The molecule has 7 rings (SSSR count). The summed E-state index contributed by atoms with van der Waals surface area (Å²) in [5, 5.41) is 19.3. The number of aliphatic imine (C=N–C) groups is 1. The van der Waals surface area contributed by atoms with Crippen LogP contribution < -0.4 is 26.2 Å². The van der Waals surface area contributed by atoms with Crippen LogP contribution in [0.2, 0.25) is 10.0 Å². The molecule has 4 N–H and O–H groups in total. The molecule has 3 aromatic heterocycles. The number of carboxylic acid groups (broad SMARTS) is 1. The number of carbonyl (C=O) groups is 2. The van der Waals surface area contributed by atoms with Gasteiger partial charge in [0.2, 0.25) is 11.8 Å². The predicted molar refractivity (Wildman–Crippen MR) is 191 cm³/mol. The lowest BCUT2D eigenvalue weighted by molar-refractivity contribution is -0.138. The average Bonchev–Trinajstić information content (AvgIpc) is 3.78. The van der Waals surface area contributed by atoms with Gasteiger partial charge in [-0.3, -0.25) is 19.0 Å². The molecule has 2 atom stereocenters. The van der Waals surface area contributed by atoms with Gasteiger partial charge in [-0.15, -0.1) is 0 Å². The van der Waals surface area contributed by atoms with E-state index >= 15 is 0 Å². The van der Waals surface area contributed by atoms with Crippen LogP contribution in [0, 0.1) is 0 Å². The molecule has 254 valence electrons. The molecule has 0 radical (unpaired) electrons. The van der Waals surface area contributed by atoms with Crippen molar-refractivity contribution in [3.8, 4) is 39.4 Å². The molecule has 2 aliphatic rings. The van der Waals surface area contributed by atoms with Crippen LogP contribution in [0.3, 0.4) is 0 Å². The quantitative estimate of drug-likeness (QED) is 0.163. The number of nitrogens with zero attached hydrogens (tertiary/aromatic N) is 4. The molecule has 50 heavy (non-hydrogen) atoms. The number of rotatable bonds is 10. The Bertz CT molecular complexity index is 2260. The summed E-state index contributed by atoms with van der Waals surface area (Å²) >= 11 is 14.1. The molecule has 1 amide bonds. The van der Waals surface area contributed by atoms with Crippen molar-refractivity contribution in [2.24, 2.45) is 4.99 Å². The molecule has 0 bridgehead atoms. The average molecular weight is 713 g/mol. The molecule has 0 spiro atoms. The van der Waals surface area contributed by atoms with Crippen LogP contribution >= 0.6 is 23.2 Å². The van der Waals surface area contributed by atoms with E-state index in [9.17, 15) is 19.5 Å². The largest absolute Gasteiger partial charge is 0.481 e. The number of amidine groups is 1. The highest BCUT2D eigenvalue weighted by Gasteiger charge is 2.27. The fraction of sp³-hybridized carbons (Fsp3) is 0.222. The van der Waals surface area contributed by atoms with Gasteiger partial charge in [-0.05, 0) is 30.2 Å². The summed E-state index contributed by atoms with van der Waals surface area (Å²) in [5.74, 6) is -0.283. The van der Waals surface area contributed by atoms with Gasteiger partial charge in [0.25, 0.3) is 5.56 Å². The van der Waals surface area contributed by atoms with Crippen LogP contribution in [-0.4, -0.2) is 69.5 Å². The van der Waals surface area contributed by atoms with E-state index in [0.29, 0.717) is 69.0 Å². The van der Waals surface area contributed by atoms with E-state index in [0.717, 1.165) is 17.5 Å².